The molecule has 0 aromatic rings. The van der Waals surface area contributed by atoms with E-state index in [1.54, 1.807) is 4.90 Å². The summed E-state index contributed by atoms with van der Waals surface area (Å²) in [6, 6.07) is 0.0260. The molecular formula is C13H26N2O3. The monoisotopic (exact) mass is 258 g/mol. The van der Waals surface area contributed by atoms with Crippen LogP contribution in [0.1, 0.15) is 41.0 Å². The molecule has 1 unspecified atom stereocenters. The molecule has 0 fully saturated rings. The smallest absolute Gasteiger partial charge is 0.317 e. The summed E-state index contributed by atoms with van der Waals surface area (Å²) in [5.74, 6) is -0.478. The lowest BCUT2D eigenvalue weighted by Crippen LogP contribution is -2.46. The van der Waals surface area contributed by atoms with Crippen LogP contribution >= 0.6 is 0 Å². The third-order valence-electron chi connectivity index (χ3n) is 2.57. The van der Waals surface area contributed by atoms with Crippen LogP contribution in [0, 0.1) is 11.8 Å². The standard InChI is InChI=1S/C13H26N2O3/c1-9(2)8-15(10(3)4)13(18)14-7-11(5)6-12(16)17/h9-11H,6-8H2,1-5H3,(H,14,18)(H,16,17). The van der Waals surface area contributed by atoms with E-state index in [9.17, 15) is 9.59 Å². The number of hydrogen-bond acceptors (Lipinski definition) is 2. The summed E-state index contributed by atoms with van der Waals surface area (Å²) in [6.45, 7) is 11.0. The van der Waals surface area contributed by atoms with Gasteiger partial charge in [0.15, 0.2) is 0 Å². The van der Waals surface area contributed by atoms with Gasteiger partial charge in [-0.25, -0.2) is 4.79 Å². The largest absolute Gasteiger partial charge is 0.481 e. The number of carbonyl (C=O) groups excluding carboxylic acids is 1. The maximum Gasteiger partial charge on any atom is 0.317 e. The quantitative estimate of drug-likeness (QED) is 0.735. The van der Waals surface area contributed by atoms with E-state index < -0.39 is 5.97 Å². The van der Waals surface area contributed by atoms with Gasteiger partial charge in [-0.3, -0.25) is 4.79 Å². The fourth-order valence-electron chi connectivity index (χ4n) is 1.65. The van der Waals surface area contributed by atoms with Gasteiger partial charge in [-0.1, -0.05) is 20.8 Å². The van der Waals surface area contributed by atoms with Gasteiger partial charge in [0.25, 0.3) is 0 Å². The first kappa shape index (κ1) is 16.7. The SMILES string of the molecule is CC(C)CN(C(=O)NCC(C)CC(=O)O)C(C)C. The van der Waals surface area contributed by atoms with E-state index in [1.165, 1.54) is 0 Å². The van der Waals surface area contributed by atoms with Crippen LogP contribution in [0.2, 0.25) is 0 Å². The number of hydrogen-bond donors (Lipinski definition) is 2. The molecule has 0 radical (unpaired) electrons. The van der Waals surface area contributed by atoms with Crippen LogP contribution in [0.3, 0.4) is 0 Å². The van der Waals surface area contributed by atoms with Gasteiger partial charge in [-0.15, -0.1) is 0 Å². The Kier molecular flexibility index (Phi) is 7.39. The highest BCUT2D eigenvalue weighted by Crippen LogP contribution is 2.05. The Labute approximate surface area is 110 Å². The minimum atomic E-state index is -0.834. The Hall–Kier alpha value is -1.26. The van der Waals surface area contributed by atoms with E-state index in [4.69, 9.17) is 5.11 Å². The zero-order valence-corrected chi connectivity index (χ0v) is 12.1. The number of carboxylic acids is 1. The minimum Gasteiger partial charge on any atom is -0.481 e. The van der Waals surface area contributed by atoms with Gasteiger partial charge in [-0.05, 0) is 25.7 Å². The van der Waals surface area contributed by atoms with Crippen molar-refractivity contribution in [1.29, 1.82) is 0 Å². The predicted molar refractivity (Wildman–Crippen MR) is 71.5 cm³/mol. The first-order valence-electron chi connectivity index (χ1n) is 6.50. The van der Waals surface area contributed by atoms with Gasteiger partial charge in [-0.2, -0.15) is 0 Å². The second-order valence-corrected chi connectivity index (χ2v) is 5.53. The highest BCUT2D eigenvalue weighted by molar-refractivity contribution is 5.74. The molecular weight excluding hydrogens is 232 g/mol. The Bertz CT molecular complexity index is 277. The summed E-state index contributed by atoms with van der Waals surface area (Å²) in [5, 5.41) is 11.4. The van der Waals surface area contributed by atoms with Gasteiger partial charge in [0.05, 0.1) is 0 Å². The lowest BCUT2D eigenvalue weighted by atomic mass is 10.1. The number of carbonyl (C=O) groups is 2. The number of aliphatic carboxylic acids is 1. The van der Waals surface area contributed by atoms with Gasteiger partial charge >= 0.3 is 12.0 Å². The Balaban J connectivity index is 4.22. The molecule has 2 amide bonds. The average molecular weight is 258 g/mol. The van der Waals surface area contributed by atoms with Crippen molar-refractivity contribution in [1.82, 2.24) is 10.2 Å². The molecule has 5 heteroatoms. The molecule has 0 heterocycles. The maximum atomic E-state index is 12.0. The van der Waals surface area contributed by atoms with Crippen molar-refractivity contribution >= 4 is 12.0 Å². The molecule has 0 aromatic heterocycles. The summed E-state index contributed by atoms with van der Waals surface area (Å²) in [5.41, 5.74) is 0. The highest BCUT2D eigenvalue weighted by atomic mass is 16.4. The molecule has 0 spiro atoms. The van der Waals surface area contributed by atoms with Crippen LogP contribution in [0.4, 0.5) is 4.79 Å². The Morgan fingerprint density at radius 3 is 2.11 bits per heavy atom. The normalized spacial score (nSPS) is 12.6. The molecule has 1 atom stereocenters. The minimum absolute atomic E-state index is 0.0560. The van der Waals surface area contributed by atoms with E-state index in [0.717, 1.165) is 0 Å². The van der Waals surface area contributed by atoms with Crippen molar-refractivity contribution in [3.8, 4) is 0 Å². The Morgan fingerprint density at radius 1 is 1.17 bits per heavy atom. The molecule has 0 saturated heterocycles. The molecule has 0 aliphatic carbocycles. The van der Waals surface area contributed by atoms with E-state index in [2.05, 4.69) is 19.2 Å². The summed E-state index contributed by atoms with van der Waals surface area (Å²) in [4.78, 5) is 24.3. The van der Waals surface area contributed by atoms with Crippen molar-refractivity contribution < 1.29 is 14.7 Å². The number of nitrogens with one attached hydrogen (secondary N) is 1. The average Bonchev–Trinajstić information content (AvgIpc) is 2.21. The van der Waals surface area contributed by atoms with Crippen molar-refractivity contribution in [2.75, 3.05) is 13.1 Å². The number of nitrogens with zero attached hydrogens (tertiary/aromatic N) is 1. The first-order valence-corrected chi connectivity index (χ1v) is 6.50. The molecule has 2 N–H and O–H groups in total. The molecule has 0 aliphatic rings. The molecule has 106 valence electrons. The topological polar surface area (TPSA) is 69.6 Å². The van der Waals surface area contributed by atoms with Crippen molar-refractivity contribution in [3.63, 3.8) is 0 Å². The van der Waals surface area contributed by atoms with Gasteiger partial charge < -0.3 is 15.3 Å². The fourth-order valence-corrected chi connectivity index (χ4v) is 1.65. The molecule has 0 bridgehead atoms. The van der Waals surface area contributed by atoms with Crippen LogP contribution in [0.25, 0.3) is 0 Å². The third-order valence-corrected chi connectivity index (χ3v) is 2.57. The van der Waals surface area contributed by atoms with Crippen LogP contribution in [-0.4, -0.2) is 41.1 Å². The molecule has 18 heavy (non-hydrogen) atoms. The maximum absolute atomic E-state index is 12.0. The molecule has 0 saturated carbocycles. The first-order chi connectivity index (χ1) is 8.23. The molecule has 5 nitrogen and oxygen atoms in total. The summed E-state index contributed by atoms with van der Waals surface area (Å²) in [7, 11) is 0. The fraction of sp³-hybridized carbons (Fsp3) is 0.846. The van der Waals surface area contributed by atoms with E-state index in [0.29, 0.717) is 19.0 Å². The number of urea groups is 1. The zero-order chi connectivity index (χ0) is 14.3. The third kappa shape index (κ3) is 7.14. The number of amides is 2. The van der Waals surface area contributed by atoms with E-state index in [-0.39, 0.29) is 24.4 Å². The van der Waals surface area contributed by atoms with Crippen molar-refractivity contribution in [2.24, 2.45) is 11.8 Å². The van der Waals surface area contributed by atoms with Gasteiger partial charge in [0.2, 0.25) is 0 Å². The lowest BCUT2D eigenvalue weighted by Gasteiger charge is -2.29. The highest BCUT2D eigenvalue weighted by Gasteiger charge is 2.18. The molecule has 0 aliphatic heterocycles. The predicted octanol–water partition coefficient (Wildman–Crippen LogP) is 2.17. The molecule has 0 aromatic carbocycles. The Morgan fingerprint density at radius 2 is 1.72 bits per heavy atom. The second kappa shape index (κ2) is 7.95. The zero-order valence-electron chi connectivity index (χ0n) is 12.1. The van der Waals surface area contributed by atoms with Crippen LogP contribution in [0.5, 0.6) is 0 Å². The summed E-state index contributed by atoms with van der Waals surface area (Å²) >= 11 is 0. The van der Waals surface area contributed by atoms with Crippen molar-refractivity contribution in [3.05, 3.63) is 0 Å². The second-order valence-electron chi connectivity index (χ2n) is 5.53. The van der Waals surface area contributed by atoms with E-state index >= 15 is 0 Å². The van der Waals surface area contributed by atoms with Gasteiger partial charge in [0, 0.05) is 25.6 Å². The number of carboxylic acid groups (broad SMARTS) is 1. The summed E-state index contributed by atoms with van der Waals surface area (Å²) < 4.78 is 0. The van der Waals surface area contributed by atoms with Gasteiger partial charge in [0.1, 0.15) is 0 Å². The number of rotatable bonds is 7. The van der Waals surface area contributed by atoms with Crippen LogP contribution in [0.15, 0.2) is 0 Å². The summed E-state index contributed by atoms with van der Waals surface area (Å²) in [6.07, 6.45) is 0.0755. The van der Waals surface area contributed by atoms with Crippen molar-refractivity contribution in [2.45, 2.75) is 47.1 Å². The van der Waals surface area contributed by atoms with Crippen LogP contribution in [-0.2, 0) is 4.79 Å². The lowest BCUT2D eigenvalue weighted by molar-refractivity contribution is -0.137. The van der Waals surface area contributed by atoms with E-state index in [1.807, 2.05) is 20.8 Å². The molecule has 0 rings (SSSR count). The van der Waals surface area contributed by atoms with Crippen LogP contribution < -0.4 is 5.32 Å².